The number of nitrogens with one attached hydrogen (secondary N) is 3. The molecule has 3 aromatic rings. The number of carbonyl (C=O) groups excluding carboxylic acids is 2. The van der Waals surface area contributed by atoms with E-state index in [0.29, 0.717) is 11.1 Å². The highest BCUT2D eigenvalue weighted by molar-refractivity contribution is 7.08. The lowest BCUT2D eigenvalue weighted by Gasteiger charge is -2.22. The molecule has 4 rings (SSSR count). The molecule has 0 saturated heterocycles. The normalized spacial score (nSPS) is 13.2. The van der Waals surface area contributed by atoms with E-state index >= 15 is 0 Å². The van der Waals surface area contributed by atoms with Gasteiger partial charge in [0.05, 0.1) is 16.9 Å². The van der Waals surface area contributed by atoms with Crippen LogP contribution in [0.4, 0.5) is 38.1 Å². The lowest BCUT2D eigenvalue weighted by Crippen LogP contribution is -2.40. The highest BCUT2D eigenvalue weighted by Gasteiger charge is 2.42. The molecule has 0 radical (unpaired) electrons. The summed E-state index contributed by atoms with van der Waals surface area (Å²) in [5, 5.41) is 10.2. The van der Waals surface area contributed by atoms with Gasteiger partial charge in [0, 0.05) is 16.8 Å². The molecular formula is C23H16F5N3O3S. The average Bonchev–Trinajstić information content (AvgIpc) is 3.30. The molecular weight excluding hydrogens is 493 g/mol. The number of alkyl halides is 5. The number of thiophene rings is 1. The van der Waals surface area contributed by atoms with E-state index < -0.39 is 35.2 Å². The van der Waals surface area contributed by atoms with Crippen LogP contribution in [0.3, 0.4) is 0 Å². The fraction of sp³-hybridized carbons (Fsp3) is 0.130. The Morgan fingerprint density at radius 1 is 0.914 bits per heavy atom. The van der Waals surface area contributed by atoms with Gasteiger partial charge in [0.1, 0.15) is 12.9 Å². The third-order valence-corrected chi connectivity index (χ3v) is 5.62. The van der Waals surface area contributed by atoms with Gasteiger partial charge in [-0.1, -0.05) is 18.2 Å². The van der Waals surface area contributed by atoms with Crippen molar-refractivity contribution in [2.45, 2.75) is 12.1 Å². The number of benzene rings is 2. The molecule has 1 aliphatic rings. The van der Waals surface area contributed by atoms with Gasteiger partial charge in [-0.25, -0.2) is 4.79 Å². The lowest BCUT2D eigenvalue weighted by atomic mass is 10.00. The second-order valence-corrected chi connectivity index (χ2v) is 8.19. The minimum absolute atomic E-state index is 0.00142. The Labute approximate surface area is 199 Å². The molecule has 6 nitrogen and oxygen atoms in total. The summed E-state index contributed by atoms with van der Waals surface area (Å²) >= 11 is 1.33. The number of amides is 3. The maximum atomic E-state index is 14.9. The van der Waals surface area contributed by atoms with Crippen LogP contribution >= 0.6 is 11.3 Å². The first-order valence-corrected chi connectivity index (χ1v) is 10.9. The topological polar surface area (TPSA) is 79.5 Å². The van der Waals surface area contributed by atoms with Gasteiger partial charge in [-0.05, 0) is 46.7 Å². The fourth-order valence-corrected chi connectivity index (χ4v) is 3.81. The number of carbonyl (C=O) groups is 2. The molecule has 1 aliphatic heterocycles. The van der Waals surface area contributed by atoms with E-state index in [-0.39, 0.29) is 23.7 Å². The van der Waals surface area contributed by atoms with Crippen molar-refractivity contribution < 1.29 is 36.3 Å². The molecule has 3 amide bonds. The molecule has 2 heterocycles. The van der Waals surface area contributed by atoms with Gasteiger partial charge < -0.3 is 20.7 Å². The summed E-state index contributed by atoms with van der Waals surface area (Å²) in [6, 6.07) is 8.04. The monoisotopic (exact) mass is 509 g/mol. The average molecular weight is 509 g/mol. The van der Waals surface area contributed by atoms with Crippen molar-refractivity contribution in [3.8, 4) is 11.1 Å². The molecule has 35 heavy (non-hydrogen) atoms. The summed E-state index contributed by atoms with van der Waals surface area (Å²) in [7, 11) is 0. The molecule has 0 fully saturated rings. The summed E-state index contributed by atoms with van der Waals surface area (Å²) in [6.07, 6.45) is -3.47. The van der Waals surface area contributed by atoms with Crippen molar-refractivity contribution in [3.05, 3.63) is 82.4 Å². The summed E-state index contributed by atoms with van der Waals surface area (Å²) in [6.45, 7) is 0.00142. The molecule has 0 unspecified atom stereocenters. The number of hydrogen-bond donors (Lipinski definition) is 3. The zero-order valence-corrected chi connectivity index (χ0v) is 18.4. The maximum absolute atomic E-state index is 14.9. The highest BCUT2D eigenvalue weighted by atomic mass is 32.1. The molecule has 0 spiro atoms. The molecule has 12 heteroatoms. The van der Waals surface area contributed by atoms with E-state index in [2.05, 4.69) is 16.0 Å². The van der Waals surface area contributed by atoms with Crippen LogP contribution in [0.25, 0.3) is 11.1 Å². The predicted octanol–water partition coefficient (Wildman–Crippen LogP) is 6.16. The number of ether oxygens (including phenoxy) is 1. The van der Waals surface area contributed by atoms with Crippen molar-refractivity contribution in [3.63, 3.8) is 0 Å². The first-order valence-electron chi connectivity index (χ1n) is 9.96. The second kappa shape index (κ2) is 9.37. The van der Waals surface area contributed by atoms with Crippen LogP contribution < -0.4 is 16.0 Å². The van der Waals surface area contributed by atoms with Crippen molar-refractivity contribution >= 4 is 34.6 Å². The Morgan fingerprint density at radius 3 is 2.31 bits per heavy atom. The van der Waals surface area contributed by atoms with Crippen LogP contribution in [-0.2, 0) is 21.6 Å². The number of halogens is 5. The largest absolute Gasteiger partial charge is 0.493 e. The molecule has 0 atom stereocenters. The maximum Gasteiger partial charge on any atom is 0.416 e. The minimum Gasteiger partial charge on any atom is -0.493 e. The molecule has 0 saturated carbocycles. The van der Waals surface area contributed by atoms with Gasteiger partial charge in [-0.3, -0.25) is 4.79 Å². The van der Waals surface area contributed by atoms with Gasteiger partial charge >= 0.3 is 18.1 Å². The fourth-order valence-electron chi connectivity index (χ4n) is 3.16. The first kappa shape index (κ1) is 24.2. The Bertz CT molecular complexity index is 1290. The molecule has 0 aliphatic carbocycles. The van der Waals surface area contributed by atoms with Gasteiger partial charge in [0.25, 0.3) is 5.91 Å². The van der Waals surface area contributed by atoms with Crippen LogP contribution in [0, 0.1) is 0 Å². The van der Waals surface area contributed by atoms with E-state index in [1.165, 1.54) is 23.5 Å². The van der Waals surface area contributed by atoms with Gasteiger partial charge in [0.15, 0.2) is 0 Å². The van der Waals surface area contributed by atoms with E-state index in [1.807, 2.05) is 0 Å². The number of hydrogen-bond acceptors (Lipinski definition) is 4. The van der Waals surface area contributed by atoms with Crippen molar-refractivity contribution in [1.29, 1.82) is 0 Å². The van der Waals surface area contributed by atoms with Gasteiger partial charge in [0.2, 0.25) is 0 Å². The van der Waals surface area contributed by atoms with Crippen LogP contribution in [0.2, 0.25) is 0 Å². The number of anilines is 2. The van der Waals surface area contributed by atoms with Gasteiger partial charge in [-0.15, -0.1) is 0 Å². The predicted molar refractivity (Wildman–Crippen MR) is 120 cm³/mol. The standard InChI is InChI=1S/C23H16F5N3O3S/c24-22(25,20(32)29-17-10-34-11-17)14-4-5-18(13-6-7-35-12-13)19(9-14)31-21(33)30-16-3-1-2-15(8-16)23(26,27)28/h1-10,12H,11H2,(H,29,32)(H2,30,31,33). The highest BCUT2D eigenvalue weighted by Crippen LogP contribution is 2.37. The molecule has 2 aromatic carbocycles. The zero-order chi connectivity index (χ0) is 25.2. The smallest absolute Gasteiger partial charge is 0.416 e. The van der Waals surface area contributed by atoms with Crippen molar-refractivity contribution in [2.24, 2.45) is 0 Å². The van der Waals surface area contributed by atoms with E-state index in [4.69, 9.17) is 4.74 Å². The third-order valence-electron chi connectivity index (χ3n) is 4.93. The van der Waals surface area contributed by atoms with Crippen LogP contribution in [-0.4, -0.2) is 18.5 Å². The quantitative estimate of drug-likeness (QED) is 0.349. The van der Waals surface area contributed by atoms with Crippen molar-refractivity contribution in [1.82, 2.24) is 5.32 Å². The summed E-state index contributed by atoms with van der Waals surface area (Å²) in [5.41, 5.74) is -0.683. The molecule has 3 N–H and O–H groups in total. The van der Waals surface area contributed by atoms with Crippen LogP contribution in [0.5, 0.6) is 0 Å². The molecule has 1 aromatic heterocycles. The van der Waals surface area contributed by atoms with E-state index in [1.54, 1.807) is 16.8 Å². The molecule has 182 valence electrons. The first-order chi connectivity index (χ1) is 16.5. The molecule has 0 bridgehead atoms. The lowest BCUT2D eigenvalue weighted by molar-refractivity contribution is -0.146. The Kier molecular flexibility index (Phi) is 6.48. The minimum atomic E-state index is -4.61. The summed E-state index contributed by atoms with van der Waals surface area (Å²) in [5.74, 6) is -5.52. The zero-order valence-electron chi connectivity index (χ0n) is 17.6. The SMILES string of the molecule is O=C(Nc1cccc(C(F)(F)F)c1)Nc1cc(C(F)(F)C(=O)NC2=COC2)ccc1-c1ccsc1. The summed E-state index contributed by atoms with van der Waals surface area (Å²) in [4.78, 5) is 24.7. The van der Waals surface area contributed by atoms with Crippen LogP contribution in [0.15, 0.2) is 71.3 Å². The Morgan fingerprint density at radius 2 is 1.69 bits per heavy atom. The third kappa shape index (κ3) is 5.43. The number of rotatable bonds is 6. The Balaban J connectivity index is 1.61. The van der Waals surface area contributed by atoms with E-state index in [0.717, 1.165) is 36.6 Å². The summed E-state index contributed by atoms with van der Waals surface area (Å²) < 4.78 is 73.3. The second-order valence-electron chi connectivity index (χ2n) is 7.41. The number of urea groups is 1. The van der Waals surface area contributed by atoms with E-state index in [9.17, 15) is 31.5 Å². The van der Waals surface area contributed by atoms with Crippen molar-refractivity contribution in [2.75, 3.05) is 17.2 Å². The van der Waals surface area contributed by atoms with Crippen LogP contribution in [0.1, 0.15) is 11.1 Å². The Hall–Kier alpha value is -3.93. The van der Waals surface area contributed by atoms with Gasteiger partial charge in [-0.2, -0.15) is 33.3 Å².